The Labute approximate surface area is 168 Å². The number of benzene rings is 1. The SMILES string of the molecule is N#Cc1c(NC(=O)c2cccc(S(=O)(=O)N3CCCC3)c2)sc2c1CCCC2. The molecule has 1 aromatic carbocycles. The van der Waals surface area contributed by atoms with Gasteiger partial charge in [0.25, 0.3) is 5.91 Å². The molecule has 4 rings (SSSR count). The van der Waals surface area contributed by atoms with E-state index in [-0.39, 0.29) is 10.5 Å². The number of carbonyl (C=O) groups excluding carboxylic acids is 1. The van der Waals surface area contributed by atoms with Crippen molar-refractivity contribution in [2.45, 2.75) is 43.4 Å². The van der Waals surface area contributed by atoms with Crippen LogP contribution in [-0.4, -0.2) is 31.7 Å². The third-order valence-corrected chi connectivity index (χ3v) is 8.41. The van der Waals surface area contributed by atoms with E-state index < -0.39 is 15.9 Å². The van der Waals surface area contributed by atoms with Gasteiger partial charge in [-0.2, -0.15) is 9.57 Å². The van der Waals surface area contributed by atoms with Crippen molar-refractivity contribution in [3.63, 3.8) is 0 Å². The smallest absolute Gasteiger partial charge is 0.256 e. The van der Waals surface area contributed by atoms with Crippen LogP contribution in [0.3, 0.4) is 0 Å². The molecule has 8 heteroatoms. The number of rotatable bonds is 4. The number of sulfonamides is 1. The first-order valence-electron chi connectivity index (χ1n) is 9.47. The molecule has 6 nitrogen and oxygen atoms in total. The number of anilines is 1. The third kappa shape index (κ3) is 3.46. The van der Waals surface area contributed by atoms with Crippen LogP contribution in [0.15, 0.2) is 29.2 Å². The summed E-state index contributed by atoms with van der Waals surface area (Å²) in [5.74, 6) is -0.395. The van der Waals surface area contributed by atoms with Crippen LogP contribution in [0.1, 0.15) is 52.0 Å². The highest BCUT2D eigenvalue weighted by Crippen LogP contribution is 2.37. The molecule has 1 N–H and O–H groups in total. The Bertz CT molecular complexity index is 1060. The van der Waals surface area contributed by atoms with Gasteiger partial charge in [0.15, 0.2) is 0 Å². The van der Waals surface area contributed by atoms with Gasteiger partial charge in [0, 0.05) is 23.5 Å². The molecule has 1 aromatic heterocycles. The maximum Gasteiger partial charge on any atom is 0.256 e. The Kier molecular flexibility index (Phi) is 5.23. The van der Waals surface area contributed by atoms with Gasteiger partial charge in [-0.1, -0.05) is 6.07 Å². The van der Waals surface area contributed by atoms with Gasteiger partial charge in [0.2, 0.25) is 10.0 Å². The highest BCUT2D eigenvalue weighted by Gasteiger charge is 2.28. The Morgan fingerprint density at radius 3 is 2.64 bits per heavy atom. The molecule has 1 amide bonds. The molecule has 0 atom stereocenters. The second-order valence-corrected chi connectivity index (χ2v) is 10.2. The maximum atomic E-state index is 12.8. The van der Waals surface area contributed by atoms with Crippen LogP contribution < -0.4 is 5.32 Å². The summed E-state index contributed by atoms with van der Waals surface area (Å²) in [6, 6.07) is 8.35. The van der Waals surface area contributed by atoms with Crippen LogP contribution in [0, 0.1) is 11.3 Å². The van der Waals surface area contributed by atoms with E-state index in [1.807, 2.05) is 0 Å². The Morgan fingerprint density at radius 1 is 1.14 bits per heavy atom. The van der Waals surface area contributed by atoms with E-state index in [1.165, 1.54) is 32.7 Å². The van der Waals surface area contributed by atoms with Crippen molar-refractivity contribution in [3.8, 4) is 6.07 Å². The predicted molar refractivity (Wildman–Crippen MR) is 108 cm³/mol. The fourth-order valence-corrected chi connectivity index (χ4v) is 6.62. The molecular weight excluding hydrogens is 394 g/mol. The Morgan fingerprint density at radius 2 is 1.89 bits per heavy atom. The van der Waals surface area contributed by atoms with Gasteiger partial charge in [-0.25, -0.2) is 8.42 Å². The summed E-state index contributed by atoms with van der Waals surface area (Å²) in [5, 5.41) is 12.9. The molecule has 2 aliphatic rings. The average Bonchev–Trinajstić information content (AvgIpc) is 3.36. The summed E-state index contributed by atoms with van der Waals surface area (Å²) in [5.41, 5.74) is 1.88. The van der Waals surface area contributed by atoms with E-state index in [1.54, 1.807) is 12.1 Å². The standard InChI is InChI=1S/C20H21N3O3S2/c21-13-17-16-8-1-2-9-18(16)27-20(17)22-19(24)14-6-5-7-15(12-14)28(25,26)23-10-3-4-11-23/h5-7,12H,1-4,8-11H2,(H,22,24). The maximum absolute atomic E-state index is 12.8. The molecule has 1 aliphatic heterocycles. The number of carbonyl (C=O) groups is 1. The zero-order valence-electron chi connectivity index (χ0n) is 15.4. The number of amides is 1. The minimum Gasteiger partial charge on any atom is -0.312 e. The third-order valence-electron chi connectivity index (χ3n) is 5.31. The molecule has 0 radical (unpaired) electrons. The number of hydrogen-bond donors (Lipinski definition) is 1. The Balaban J connectivity index is 1.60. The zero-order chi connectivity index (χ0) is 19.7. The van der Waals surface area contributed by atoms with Crippen molar-refractivity contribution < 1.29 is 13.2 Å². The first kappa shape index (κ1) is 19.1. The van der Waals surface area contributed by atoms with E-state index in [2.05, 4.69) is 11.4 Å². The van der Waals surface area contributed by atoms with Crippen LogP contribution in [0.5, 0.6) is 0 Å². The summed E-state index contributed by atoms with van der Waals surface area (Å²) in [7, 11) is -3.58. The minimum atomic E-state index is -3.58. The van der Waals surface area contributed by atoms with Crippen LogP contribution in [0.2, 0.25) is 0 Å². The normalized spacial score (nSPS) is 17.1. The molecule has 0 bridgehead atoms. The molecule has 28 heavy (non-hydrogen) atoms. The first-order valence-corrected chi connectivity index (χ1v) is 11.7. The van der Waals surface area contributed by atoms with Crippen molar-refractivity contribution in [1.82, 2.24) is 4.31 Å². The lowest BCUT2D eigenvalue weighted by Gasteiger charge is -2.16. The van der Waals surface area contributed by atoms with Crippen molar-refractivity contribution in [2.24, 2.45) is 0 Å². The largest absolute Gasteiger partial charge is 0.312 e. The molecule has 0 saturated carbocycles. The number of thiophene rings is 1. The molecule has 1 aliphatic carbocycles. The van der Waals surface area contributed by atoms with E-state index in [0.29, 0.717) is 23.7 Å². The first-order chi connectivity index (χ1) is 13.5. The summed E-state index contributed by atoms with van der Waals surface area (Å²) < 4.78 is 27.0. The second kappa shape index (κ2) is 7.66. The van der Waals surface area contributed by atoms with E-state index in [0.717, 1.165) is 44.1 Å². The summed E-state index contributed by atoms with van der Waals surface area (Å²) in [6.07, 6.45) is 5.69. The number of hydrogen-bond acceptors (Lipinski definition) is 5. The van der Waals surface area contributed by atoms with Gasteiger partial charge in [0.1, 0.15) is 11.1 Å². The summed E-state index contributed by atoms with van der Waals surface area (Å²) in [6.45, 7) is 1.04. The molecule has 146 valence electrons. The molecule has 2 heterocycles. The van der Waals surface area contributed by atoms with Crippen LogP contribution in [0.4, 0.5) is 5.00 Å². The molecule has 2 aromatic rings. The molecule has 1 fully saturated rings. The van der Waals surface area contributed by atoms with Crippen molar-refractivity contribution in [3.05, 3.63) is 45.8 Å². The van der Waals surface area contributed by atoms with Gasteiger partial charge < -0.3 is 5.32 Å². The van der Waals surface area contributed by atoms with Crippen LogP contribution >= 0.6 is 11.3 Å². The van der Waals surface area contributed by atoms with E-state index in [4.69, 9.17) is 0 Å². The lowest BCUT2D eigenvalue weighted by molar-refractivity contribution is 0.102. The number of nitrogens with one attached hydrogen (secondary N) is 1. The predicted octanol–water partition coefficient (Wildman–Crippen LogP) is 3.54. The fourth-order valence-electron chi connectivity index (χ4n) is 3.82. The quantitative estimate of drug-likeness (QED) is 0.827. The second-order valence-electron chi connectivity index (χ2n) is 7.12. The average molecular weight is 416 g/mol. The molecule has 0 spiro atoms. The fraction of sp³-hybridized carbons (Fsp3) is 0.400. The van der Waals surface area contributed by atoms with E-state index in [9.17, 15) is 18.5 Å². The number of nitriles is 1. The molecule has 1 saturated heterocycles. The zero-order valence-corrected chi connectivity index (χ0v) is 17.0. The molecular formula is C20H21N3O3S2. The highest BCUT2D eigenvalue weighted by molar-refractivity contribution is 7.89. The van der Waals surface area contributed by atoms with Crippen molar-refractivity contribution in [2.75, 3.05) is 18.4 Å². The van der Waals surface area contributed by atoms with E-state index >= 15 is 0 Å². The minimum absolute atomic E-state index is 0.132. The number of fused-ring (bicyclic) bond motifs is 1. The van der Waals surface area contributed by atoms with Crippen molar-refractivity contribution >= 4 is 32.3 Å². The Hall–Kier alpha value is -2.21. The monoisotopic (exact) mass is 415 g/mol. The number of nitrogens with zero attached hydrogens (tertiary/aromatic N) is 2. The van der Waals surface area contributed by atoms with Crippen LogP contribution in [-0.2, 0) is 22.9 Å². The lowest BCUT2D eigenvalue weighted by atomic mass is 9.96. The van der Waals surface area contributed by atoms with Gasteiger partial charge in [-0.3, -0.25) is 4.79 Å². The topological polar surface area (TPSA) is 90.3 Å². The summed E-state index contributed by atoms with van der Waals surface area (Å²) >= 11 is 1.46. The summed E-state index contributed by atoms with van der Waals surface area (Å²) in [4.78, 5) is 14.1. The van der Waals surface area contributed by atoms with Crippen molar-refractivity contribution in [1.29, 1.82) is 5.26 Å². The highest BCUT2D eigenvalue weighted by atomic mass is 32.2. The van der Waals surface area contributed by atoms with Gasteiger partial charge >= 0.3 is 0 Å². The lowest BCUT2D eigenvalue weighted by Crippen LogP contribution is -2.28. The number of aryl methyl sites for hydroxylation is 1. The van der Waals surface area contributed by atoms with Gasteiger partial charge in [-0.15, -0.1) is 11.3 Å². The molecule has 0 unspecified atom stereocenters. The van der Waals surface area contributed by atoms with Gasteiger partial charge in [0.05, 0.1) is 10.5 Å². The van der Waals surface area contributed by atoms with Gasteiger partial charge in [-0.05, 0) is 62.3 Å². The van der Waals surface area contributed by atoms with Crippen LogP contribution in [0.25, 0.3) is 0 Å².